The van der Waals surface area contributed by atoms with Gasteiger partial charge in [0.15, 0.2) is 0 Å². The number of hydrogen-bond acceptors (Lipinski definition) is 2. The van der Waals surface area contributed by atoms with Crippen LogP contribution in [0.1, 0.15) is 24.0 Å². The van der Waals surface area contributed by atoms with Gasteiger partial charge in [0.2, 0.25) is 0 Å². The first-order chi connectivity index (χ1) is 7.77. The molecule has 1 fully saturated rings. The number of ether oxygens (including phenoxy) is 1. The van der Waals surface area contributed by atoms with Crippen LogP contribution >= 0.6 is 0 Å². The highest BCUT2D eigenvalue weighted by molar-refractivity contribution is 5.38. The van der Waals surface area contributed by atoms with Gasteiger partial charge in [-0.25, -0.2) is 0 Å². The fraction of sp³-hybridized carbons (Fsp3) is 0.571. The maximum atomic E-state index is 5.92. The summed E-state index contributed by atoms with van der Waals surface area (Å²) in [6.07, 6.45) is 2.57. The summed E-state index contributed by atoms with van der Waals surface area (Å²) in [5.41, 5.74) is 2.57. The van der Waals surface area contributed by atoms with Crippen molar-refractivity contribution in [3.8, 4) is 5.75 Å². The predicted octanol–water partition coefficient (Wildman–Crippen LogP) is 2.68. The molecule has 1 heterocycles. The molecule has 1 saturated heterocycles. The number of piperidine rings is 1. The molecule has 1 atom stereocenters. The summed E-state index contributed by atoms with van der Waals surface area (Å²) < 4.78 is 5.92. The van der Waals surface area contributed by atoms with Crippen LogP contribution in [0, 0.1) is 19.8 Å². The van der Waals surface area contributed by atoms with Crippen LogP contribution in [0.4, 0.5) is 0 Å². The second kappa shape index (κ2) is 5.35. The van der Waals surface area contributed by atoms with Crippen molar-refractivity contribution >= 4 is 0 Å². The Bertz CT molecular complexity index is 343. The molecule has 1 aliphatic heterocycles. The zero-order valence-corrected chi connectivity index (χ0v) is 10.3. The molecule has 0 aromatic heterocycles. The lowest BCUT2D eigenvalue weighted by molar-refractivity contribution is 0.217. The number of benzene rings is 1. The van der Waals surface area contributed by atoms with E-state index in [4.69, 9.17) is 4.74 Å². The first kappa shape index (κ1) is 11.5. The van der Waals surface area contributed by atoms with Gasteiger partial charge < -0.3 is 10.1 Å². The summed E-state index contributed by atoms with van der Waals surface area (Å²) in [5, 5.41) is 3.42. The Kier molecular flexibility index (Phi) is 3.83. The lowest BCUT2D eigenvalue weighted by Crippen LogP contribution is -2.33. The Hall–Kier alpha value is -1.02. The lowest BCUT2D eigenvalue weighted by atomic mass is 10.0. The van der Waals surface area contributed by atoms with Crippen molar-refractivity contribution in [2.75, 3.05) is 19.7 Å². The second-order valence-electron chi connectivity index (χ2n) is 4.72. The zero-order valence-electron chi connectivity index (χ0n) is 10.3. The van der Waals surface area contributed by atoms with Crippen LogP contribution in [-0.4, -0.2) is 19.7 Å². The molecule has 1 aromatic rings. The van der Waals surface area contributed by atoms with Gasteiger partial charge in [-0.15, -0.1) is 0 Å². The van der Waals surface area contributed by atoms with Gasteiger partial charge in [0.1, 0.15) is 5.75 Å². The molecule has 0 spiro atoms. The maximum absolute atomic E-state index is 5.92. The van der Waals surface area contributed by atoms with Gasteiger partial charge in [-0.2, -0.15) is 0 Å². The van der Waals surface area contributed by atoms with E-state index < -0.39 is 0 Å². The van der Waals surface area contributed by atoms with Crippen molar-refractivity contribution < 1.29 is 4.74 Å². The van der Waals surface area contributed by atoms with Crippen LogP contribution in [-0.2, 0) is 0 Å². The van der Waals surface area contributed by atoms with Crippen LogP contribution in [0.2, 0.25) is 0 Å². The fourth-order valence-electron chi connectivity index (χ4n) is 2.15. The molecule has 1 aliphatic rings. The highest BCUT2D eigenvalue weighted by atomic mass is 16.5. The first-order valence-electron chi connectivity index (χ1n) is 6.17. The molecule has 0 aliphatic carbocycles. The van der Waals surface area contributed by atoms with Gasteiger partial charge in [0, 0.05) is 12.5 Å². The predicted molar refractivity (Wildman–Crippen MR) is 67.0 cm³/mol. The average molecular weight is 219 g/mol. The summed E-state index contributed by atoms with van der Waals surface area (Å²) in [5.74, 6) is 1.72. The van der Waals surface area contributed by atoms with Crippen molar-refractivity contribution in [3.05, 3.63) is 29.3 Å². The Morgan fingerprint density at radius 1 is 1.38 bits per heavy atom. The van der Waals surface area contributed by atoms with E-state index in [-0.39, 0.29) is 0 Å². The van der Waals surface area contributed by atoms with Gasteiger partial charge in [0.05, 0.1) is 6.61 Å². The molecule has 1 aromatic carbocycles. The summed E-state index contributed by atoms with van der Waals surface area (Å²) in [6, 6.07) is 6.26. The zero-order chi connectivity index (χ0) is 11.4. The largest absolute Gasteiger partial charge is 0.493 e. The second-order valence-corrected chi connectivity index (χ2v) is 4.72. The molecule has 0 bridgehead atoms. The third-order valence-corrected chi connectivity index (χ3v) is 3.43. The highest BCUT2D eigenvalue weighted by Gasteiger charge is 2.14. The minimum Gasteiger partial charge on any atom is -0.493 e. The molecule has 2 nitrogen and oxygen atoms in total. The van der Waals surface area contributed by atoms with Crippen LogP contribution in [0.3, 0.4) is 0 Å². The first-order valence-corrected chi connectivity index (χ1v) is 6.17. The fourth-order valence-corrected chi connectivity index (χ4v) is 2.15. The van der Waals surface area contributed by atoms with Crippen molar-refractivity contribution in [1.29, 1.82) is 0 Å². The van der Waals surface area contributed by atoms with E-state index in [2.05, 4.69) is 37.4 Å². The molecule has 0 amide bonds. The Labute approximate surface area is 98.0 Å². The van der Waals surface area contributed by atoms with Gasteiger partial charge in [0.25, 0.3) is 0 Å². The SMILES string of the molecule is Cc1cccc(OC[C@H]2CCCNC2)c1C. The molecule has 2 rings (SSSR count). The van der Waals surface area contributed by atoms with E-state index in [9.17, 15) is 0 Å². The molecular weight excluding hydrogens is 198 g/mol. The van der Waals surface area contributed by atoms with Gasteiger partial charge in [-0.05, 0) is 50.4 Å². The molecule has 16 heavy (non-hydrogen) atoms. The molecular formula is C14H21NO. The smallest absolute Gasteiger partial charge is 0.122 e. The molecule has 1 N–H and O–H groups in total. The van der Waals surface area contributed by atoms with Crippen LogP contribution in [0.15, 0.2) is 18.2 Å². The third-order valence-electron chi connectivity index (χ3n) is 3.43. The molecule has 0 saturated carbocycles. The normalized spacial score (nSPS) is 20.8. The van der Waals surface area contributed by atoms with E-state index in [1.165, 1.54) is 30.5 Å². The van der Waals surface area contributed by atoms with Gasteiger partial charge in [-0.1, -0.05) is 12.1 Å². The van der Waals surface area contributed by atoms with Crippen LogP contribution < -0.4 is 10.1 Å². The quantitative estimate of drug-likeness (QED) is 0.844. The number of hydrogen-bond donors (Lipinski definition) is 1. The monoisotopic (exact) mass is 219 g/mol. The van der Waals surface area contributed by atoms with Crippen molar-refractivity contribution in [2.24, 2.45) is 5.92 Å². The highest BCUT2D eigenvalue weighted by Crippen LogP contribution is 2.22. The Balaban J connectivity index is 1.91. The van der Waals surface area contributed by atoms with Crippen molar-refractivity contribution in [2.45, 2.75) is 26.7 Å². The molecule has 0 unspecified atom stereocenters. The summed E-state index contributed by atoms with van der Waals surface area (Å²) in [4.78, 5) is 0. The maximum Gasteiger partial charge on any atom is 0.122 e. The summed E-state index contributed by atoms with van der Waals surface area (Å²) in [6.45, 7) is 7.37. The van der Waals surface area contributed by atoms with E-state index in [1.54, 1.807) is 0 Å². The summed E-state index contributed by atoms with van der Waals surface area (Å²) >= 11 is 0. The number of rotatable bonds is 3. The Morgan fingerprint density at radius 2 is 2.25 bits per heavy atom. The molecule has 88 valence electrons. The van der Waals surface area contributed by atoms with E-state index in [0.29, 0.717) is 5.92 Å². The number of aryl methyl sites for hydroxylation is 1. The lowest BCUT2D eigenvalue weighted by Gasteiger charge is -2.23. The number of nitrogens with one attached hydrogen (secondary N) is 1. The van der Waals surface area contributed by atoms with Crippen molar-refractivity contribution in [3.63, 3.8) is 0 Å². The average Bonchev–Trinajstić information content (AvgIpc) is 2.32. The topological polar surface area (TPSA) is 21.3 Å². The standard InChI is InChI=1S/C14H21NO/c1-11-5-3-7-14(12(11)2)16-10-13-6-4-8-15-9-13/h3,5,7,13,15H,4,6,8-10H2,1-2H3/t13-/m0/s1. The van der Waals surface area contributed by atoms with Crippen molar-refractivity contribution in [1.82, 2.24) is 5.32 Å². The minimum absolute atomic E-state index is 0.675. The van der Waals surface area contributed by atoms with Gasteiger partial charge >= 0.3 is 0 Å². The van der Waals surface area contributed by atoms with E-state index in [1.807, 2.05) is 0 Å². The van der Waals surface area contributed by atoms with Gasteiger partial charge in [-0.3, -0.25) is 0 Å². The van der Waals surface area contributed by atoms with E-state index in [0.717, 1.165) is 18.9 Å². The van der Waals surface area contributed by atoms with Crippen LogP contribution in [0.25, 0.3) is 0 Å². The minimum atomic E-state index is 0.675. The summed E-state index contributed by atoms with van der Waals surface area (Å²) in [7, 11) is 0. The molecule has 0 radical (unpaired) electrons. The van der Waals surface area contributed by atoms with Crippen LogP contribution in [0.5, 0.6) is 5.75 Å². The Morgan fingerprint density at radius 3 is 3.00 bits per heavy atom. The molecule has 2 heteroatoms. The van der Waals surface area contributed by atoms with E-state index >= 15 is 0 Å². The third kappa shape index (κ3) is 2.76.